The largest absolute Gasteiger partial charge is 0.464 e. The fourth-order valence-corrected chi connectivity index (χ4v) is 5.13. The van der Waals surface area contributed by atoms with Crippen LogP contribution >= 0.6 is 0 Å². The van der Waals surface area contributed by atoms with Crippen LogP contribution < -0.4 is 0 Å². The Bertz CT molecular complexity index is 1140. The molecule has 1 aromatic carbocycles. The Labute approximate surface area is 205 Å². The number of imide groups is 1. The number of piperidine rings is 1. The minimum absolute atomic E-state index is 0.107. The molecule has 4 heterocycles. The van der Waals surface area contributed by atoms with Gasteiger partial charge in [0.1, 0.15) is 11.3 Å². The van der Waals surface area contributed by atoms with Gasteiger partial charge in [-0.2, -0.15) is 0 Å². The highest BCUT2D eigenvalue weighted by Gasteiger charge is 2.57. The van der Waals surface area contributed by atoms with Crippen LogP contribution in [0.25, 0.3) is 11.3 Å². The van der Waals surface area contributed by atoms with Crippen LogP contribution in [0, 0.1) is 0 Å². The summed E-state index contributed by atoms with van der Waals surface area (Å²) in [5, 5.41) is 0. The number of aromatic nitrogens is 1. The highest BCUT2D eigenvalue weighted by molar-refractivity contribution is 6.07. The maximum absolute atomic E-state index is 13.7. The summed E-state index contributed by atoms with van der Waals surface area (Å²) >= 11 is 0. The Balaban J connectivity index is 1.27. The van der Waals surface area contributed by atoms with Crippen LogP contribution in [-0.4, -0.2) is 70.5 Å². The zero-order valence-corrected chi connectivity index (χ0v) is 19.9. The number of urea groups is 1. The summed E-state index contributed by atoms with van der Waals surface area (Å²) in [7, 11) is 1.61. The van der Waals surface area contributed by atoms with E-state index >= 15 is 0 Å². The number of methoxy groups -OCH3 is 1. The monoisotopic (exact) mass is 474 g/mol. The molecule has 182 valence electrons. The van der Waals surface area contributed by atoms with Gasteiger partial charge in [-0.3, -0.25) is 19.6 Å². The number of furan rings is 1. The first-order valence-corrected chi connectivity index (χ1v) is 12.0. The van der Waals surface area contributed by atoms with Crippen molar-refractivity contribution in [3.63, 3.8) is 0 Å². The van der Waals surface area contributed by atoms with Crippen LogP contribution in [0.3, 0.4) is 0 Å². The second kappa shape index (κ2) is 10.0. The number of hydrogen-bond donors (Lipinski definition) is 0. The number of hydrogen-bond acceptors (Lipinski definition) is 6. The number of amides is 3. The third kappa shape index (κ3) is 4.59. The molecule has 5 rings (SSSR count). The van der Waals surface area contributed by atoms with Crippen molar-refractivity contribution < 1.29 is 18.7 Å². The Morgan fingerprint density at radius 1 is 1.00 bits per heavy atom. The van der Waals surface area contributed by atoms with Crippen molar-refractivity contribution in [2.45, 2.75) is 31.5 Å². The molecule has 0 saturated carbocycles. The molecule has 2 aliphatic heterocycles. The van der Waals surface area contributed by atoms with Crippen LogP contribution in [0.15, 0.2) is 71.6 Å². The first-order chi connectivity index (χ1) is 17.1. The molecule has 8 nitrogen and oxygen atoms in total. The number of benzene rings is 1. The van der Waals surface area contributed by atoms with Crippen molar-refractivity contribution in [2.24, 2.45) is 0 Å². The van der Waals surface area contributed by atoms with E-state index in [0.717, 1.165) is 36.5 Å². The molecule has 0 N–H and O–H groups in total. The van der Waals surface area contributed by atoms with E-state index < -0.39 is 5.54 Å². The molecule has 0 unspecified atom stereocenters. The number of nitrogens with zero attached hydrogens (tertiary/aromatic N) is 4. The molecule has 0 bridgehead atoms. The molecule has 2 aromatic heterocycles. The van der Waals surface area contributed by atoms with E-state index in [0.29, 0.717) is 26.0 Å². The third-order valence-corrected chi connectivity index (χ3v) is 7.05. The predicted octanol–water partition coefficient (Wildman–Crippen LogP) is 3.79. The Morgan fingerprint density at radius 3 is 2.46 bits per heavy atom. The van der Waals surface area contributed by atoms with Crippen molar-refractivity contribution in [1.82, 2.24) is 19.7 Å². The van der Waals surface area contributed by atoms with Gasteiger partial charge in [0.2, 0.25) is 0 Å². The van der Waals surface area contributed by atoms with Gasteiger partial charge in [0.25, 0.3) is 5.91 Å². The summed E-state index contributed by atoms with van der Waals surface area (Å²) < 4.78 is 10.7. The number of carbonyl (C=O) groups excluding carboxylic acids is 2. The van der Waals surface area contributed by atoms with Crippen molar-refractivity contribution in [3.8, 4) is 11.3 Å². The summed E-state index contributed by atoms with van der Waals surface area (Å²) in [6, 6.07) is 15.7. The molecular weight excluding hydrogens is 444 g/mol. The van der Waals surface area contributed by atoms with E-state index in [-0.39, 0.29) is 18.5 Å². The average Bonchev–Trinajstić information content (AvgIpc) is 3.49. The number of rotatable bonds is 8. The summed E-state index contributed by atoms with van der Waals surface area (Å²) in [5.41, 5.74) is 2.29. The smallest absolute Gasteiger partial charge is 0.328 e. The van der Waals surface area contributed by atoms with Gasteiger partial charge in [-0.1, -0.05) is 30.3 Å². The Kier molecular flexibility index (Phi) is 6.66. The van der Waals surface area contributed by atoms with Crippen molar-refractivity contribution >= 4 is 11.9 Å². The molecule has 1 spiro atoms. The summed E-state index contributed by atoms with van der Waals surface area (Å²) in [6.45, 7) is 3.31. The number of pyridine rings is 1. The second-order valence-corrected chi connectivity index (χ2v) is 9.16. The fourth-order valence-electron chi connectivity index (χ4n) is 5.13. The average molecular weight is 475 g/mol. The lowest BCUT2D eigenvalue weighted by Crippen LogP contribution is -2.57. The molecule has 2 aliphatic rings. The highest BCUT2D eigenvalue weighted by atomic mass is 16.5. The van der Waals surface area contributed by atoms with Gasteiger partial charge >= 0.3 is 6.03 Å². The molecular formula is C27H30N4O4. The van der Waals surface area contributed by atoms with E-state index in [9.17, 15) is 9.59 Å². The van der Waals surface area contributed by atoms with Gasteiger partial charge in [0.15, 0.2) is 0 Å². The van der Waals surface area contributed by atoms with Gasteiger partial charge in [-0.15, -0.1) is 0 Å². The predicted molar refractivity (Wildman–Crippen MR) is 130 cm³/mol. The SMILES string of the molecule is COCCN1C(=O)N(Cc2cccnc2)C(=O)C12CCN(Cc1ccc(-c3ccco3)cc1)CC2. The van der Waals surface area contributed by atoms with Crippen LogP contribution in [0.4, 0.5) is 4.79 Å². The topological polar surface area (TPSA) is 79.1 Å². The van der Waals surface area contributed by atoms with E-state index in [1.54, 1.807) is 30.7 Å². The number of likely N-dealkylation sites (tertiary alicyclic amines) is 1. The van der Waals surface area contributed by atoms with Gasteiger partial charge in [-0.25, -0.2) is 4.79 Å². The van der Waals surface area contributed by atoms with Crippen molar-refractivity contribution in [1.29, 1.82) is 0 Å². The molecule has 0 aliphatic carbocycles. The molecule has 0 atom stereocenters. The van der Waals surface area contributed by atoms with Crippen LogP contribution in [0.2, 0.25) is 0 Å². The standard InChI is InChI=1S/C27H30N4O4/c1-34-17-15-31-26(33)30(20-22-4-2-12-28-18-22)25(32)27(31)10-13-29(14-11-27)19-21-6-8-23(9-7-21)24-5-3-16-35-24/h2-9,12,16,18H,10-11,13-15,17,19-20H2,1H3. The minimum Gasteiger partial charge on any atom is -0.464 e. The van der Waals surface area contributed by atoms with Gasteiger partial charge in [0, 0.05) is 51.2 Å². The minimum atomic E-state index is -0.808. The lowest BCUT2D eigenvalue weighted by atomic mass is 9.85. The summed E-state index contributed by atoms with van der Waals surface area (Å²) in [5.74, 6) is 0.748. The van der Waals surface area contributed by atoms with Crippen LogP contribution in [-0.2, 0) is 22.6 Å². The lowest BCUT2D eigenvalue weighted by molar-refractivity contribution is -0.136. The van der Waals surface area contributed by atoms with E-state index in [4.69, 9.17) is 9.15 Å². The van der Waals surface area contributed by atoms with Crippen molar-refractivity contribution in [3.05, 3.63) is 78.3 Å². The molecule has 8 heteroatoms. The number of carbonyl (C=O) groups is 2. The molecule has 2 fully saturated rings. The molecule has 2 saturated heterocycles. The quantitative estimate of drug-likeness (QED) is 0.462. The molecule has 35 heavy (non-hydrogen) atoms. The van der Waals surface area contributed by atoms with E-state index in [1.165, 1.54) is 10.5 Å². The van der Waals surface area contributed by atoms with Gasteiger partial charge < -0.3 is 14.1 Å². The fraction of sp³-hybridized carbons (Fsp3) is 0.370. The van der Waals surface area contributed by atoms with Gasteiger partial charge in [-0.05, 0) is 42.2 Å². The maximum atomic E-state index is 13.7. The molecule has 3 aromatic rings. The highest BCUT2D eigenvalue weighted by Crippen LogP contribution is 2.38. The zero-order valence-electron chi connectivity index (χ0n) is 19.9. The molecule has 3 amide bonds. The Morgan fingerprint density at radius 2 is 1.80 bits per heavy atom. The first-order valence-electron chi connectivity index (χ1n) is 12.0. The molecule has 0 radical (unpaired) electrons. The summed E-state index contributed by atoms with van der Waals surface area (Å²) in [6.07, 6.45) is 6.27. The van der Waals surface area contributed by atoms with E-state index in [1.807, 2.05) is 24.3 Å². The first kappa shape index (κ1) is 23.3. The van der Waals surface area contributed by atoms with E-state index in [2.05, 4.69) is 34.1 Å². The van der Waals surface area contributed by atoms with Crippen molar-refractivity contribution in [2.75, 3.05) is 33.4 Å². The zero-order chi connectivity index (χ0) is 24.3. The van der Waals surface area contributed by atoms with Gasteiger partial charge in [0.05, 0.1) is 19.4 Å². The third-order valence-electron chi connectivity index (χ3n) is 7.05. The maximum Gasteiger partial charge on any atom is 0.328 e. The summed E-state index contributed by atoms with van der Waals surface area (Å²) in [4.78, 5) is 36.6. The Hall–Kier alpha value is -3.49. The lowest BCUT2D eigenvalue weighted by Gasteiger charge is -2.42. The normalized spacial score (nSPS) is 18.1. The van der Waals surface area contributed by atoms with Crippen LogP contribution in [0.1, 0.15) is 24.0 Å². The van der Waals surface area contributed by atoms with Crippen LogP contribution in [0.5, 0.6) is 0 Å². The number of ether oxygens (including phenoxy) is 1. The second-order valence-electron chi connectivity index (χ2n) is 9.16.